The zero-order valence-corrected chi connectivity index (χ0v) is 20.5. The highest BCUT2D eigenvalue weighted by Gasteiger charge is 2.17. The summed E-state index contributed by atoms with van der Waals surface area (Å²) in [6.45, 7) is 1.97. The van der Waals surface area contributed by atoms with Gasteiger partial charge >= 0.3 is 0 Å². The fourth-order valence-corrected chi connectivity index (χ4v) is 5.21. The number of imidazole rings is 1. The molecule has 0 atom stereocenters. The zero-order valence-electron chi connectivity index (χ0n) is 20.5. The van der Waals surface area contributed by atoms with Crippen LogP contribution in [0.4, 0.5) is 0 Å². The van der Waals surface area contributed by atoms with E-state index in [9.17, 15) is 0 Å². The zero-order chi connectivity index (χ0) is 24.8. The van der Waals surface area contributed by atoms with E-state index < -0.39 is 0 Å². The van der Waals surface area contributed by atoms with Gasteiger partial charge in [-0.15, -0.1) is 0 Å². The summed E-state index contributed by atoms with van der Waals surface area (Å²) < 4.78 is 8.24. The largest absolute Gasteiger partial charge is 0.489 e. The van der Waals surface area contributed by atoms with Gasteiger partial charge in [0.05, 0.1) is 59.3 Å². The molecule has 0 unspecified atom stereocenters. The topological polar surface area (TPSA) is 110 Å². The lowest BCUT2D eigenvalue weighted by Gasteiger charge is -2.23. The van der Waals surface area contributed by atoms with E-state index in [1.807, 2.05) is 42.5 Å². The van der Waals surface area contributed by atoms with Crippen LogP contribution in [-0.4, -0.2) is 45.8 Å². The molecule has 0 aliphatic heterocycles. The summed E-state index contributed by atoms with van der Waals surface area (Å²) in [4.78, 5) is 21.3. The highest BCUT2D eigenvalue weighted by molar-refractivity contribution is 5.97. The van der Waals surface area contributed by atoms with E-state index in [2.05, 4.69) is 53.3 Å². The minimum atomic E-state index is 0.277. The smallest absolute Gasteiger partial charge is 0.181 e. The second kappa shape index (κ2) is 8.85. The number of aromatic nitrogens is 8. The molecule has 1 fully saturated rings. The summed E-state index contributed by atoms with van der Waals surface area (Å²) in [5, 5.41) is 9.60. The summed E-state index contributed by atoms with van der Waals surface area (Å²) in [5.41, 5.74) is 7.22. The molecule has 0 spiro atoms. The van der Waals surface area contributed by atoms with E-state index in [4.69, 9.17) is 4.74 Å². The van der Waals surface area contributed by atoms with Crippen molar-refractivity contribution in [2.75, 3.05) is 0 Å². The molecule has 7 rings (SSSR count). The van der Waals surface area contributed by atoms with E-state index in [-0.39, 0.29) is 6.10 Å². The van der Waals surface area contributed by atoms with Gasteiger partial charge in [0.25, 0.3) is 0 Å². The van der Waals surface area contributed by atoms with Gasteiger partial charge in [-0.05, 0) is 50.8 Å². The molecule has 6 aromatic rings. The average molecular weight is 491 g/mol. The fraction of sp³-hybridized carbons (Fsp3) is 0.250. The molecule has 184 valence electrons. The monoisotopic (exact) mass is 490 g/mol. The van der Waals surface area contributed by atoms with Crippen molar-refractivity contribution in [3.05, 3.63) is 67.4 Å². The quantitative estimate of drug-likeness (QED) is 0.317. The van der Waals surface area contributed by atoms with E-state index in [1.165, 1.54) is 19.3 Å². The van der Waals surface area contributed by atoms with Crippen molar-refractivity contribution in [3.63, 3.8) is 0 Å². The number of H-pyrrole nitrogens is 2. The third kappa shape index (κ3) is 4.02. The number of rotatable bonds is 5. The van der Waals surface area contributed by atoms with Crippen molar-refractivity contribution < 1.29 is 4.74 Å². The fourth-order valence-electron chi connectivity index (χ4n) is 5.21. The highest BCUT2D eigenvalue weighted by atomic mass is 16.5. The molecule has 0 radical (unpaired) electrons. The molecule has 0 bridgehead atoms. The van der Waals surface area contributed by atoms with Crippen LogP contribution in [0, 0.1) is 6.92 Å². The number of hydrogen-bond donors (Lipinski definition) is 2. The second-order valence-corrected chi connectivity index (χ2v) is 9.71. The van der Waals surface area contributed by atoms with Crippen molar-refractivity contribution in [2.45, 2.75) is 45.1 Å². The van der Waals surface area contributed by atoms with Crippen LogP contribution in [0.15, 0.2) is 61.7 Å². The third-order valence-corrected chi connectivity index (χ3v) is 7.09. The Morgan fingerprint density at radius 2 is 1.76 bits per heavy atom. The second-order valence-electron chi connectivity index (χ2n) is 9.71. The first-order chi connectivity index (χ1) is 18.2. The molecule has 9 heteroatoms. The number of aromatic amines is 2. The van der Waals surface area contributed by atoms with Crippen molar-refractivity contribution in [2.24, 2.45) is 0 Å². The minimum absolute atomic E-state index is 0.277. The van der Waals surface area contributed by atoms with Crippen LogP contribution in [0.5, 0.6) is 5.75 Å². The molecular weight excluding hydrogens is 464 g/mol. The Hall–Kier alpha value is -4.53. The molecule has 0 amide bonds. The molecule has 9 nitrogen and oxygen atoms in total. The van der Waals surface area contributed by atoms with Gasteiger partial charge in [-0.2, -0.15) is 5.10 Å². The van der Waals surface area contributed by atoms with Crippen LogP contribution in [-0.2, 0) is 0 Å². The minimum Gasteiger partial charge on any atom is -0.489 e. The van der Waals surface area contributed by atoms with Gasteiger partial charge in [-0.3, -0.25) is 15.1 Å². The van der Waals surface area contributed by atoms with Crippen LogP contribution < -0.4 is 4.74 Å². The molecule has 1 aliphatic carbocycles. The molecule has 37 heavy (non-hydrogen) atoms. The Morgan fingerprint density at radius 3 is 2.62 bits per heavy atom. The molecule has 1 saturated carbocycles. The van der Waals surface area contributed by atoms with E-state index >= 15 is 0 Å². The Bertz CT molecular complexity index is 1720. The number of nitrogens with zero attached hydrogens (tertiary/aromatic N) is 6. The summed E-state index contributed by atoms with van der Waals surface area (Å²) in [6, 6.07) is 6.27. The summed E-state index contributed by atoms with van der Waals surface area (Å²) in [6.07, 6.45) is 19.2. The van der Waals surface area contributed by atoms with Crippen LogP contribution >= 0.6 is 0 Å². The Kier molecular flexibility index (Phi) is 5.20. The average Bonchev–Trinajstić information content (AvgIpc) is 3.66. The van der Waals surface area contributed by atoms with Crippen LogP contribution in [0.25, 0.3) is 50.1 Å². The number of aryl methyl sites for hydroxylation is 1. The normalized spacial score (nSPS) is 14.5. The van der Waals surface area contributed by atoms with E-state index in [0.29, 0.717) is 5.65 Å². The predicted octanol–water partition coefficient (Wildman–Crippen LogP) is 5.77. The molecule has 6 aromatic heterocycles. The number of nitrogens with one attached hydrogen (secondary N) is 2. The maximum absolute atomic E-state index is 6.25. The number of ether oxygens (including phenoxy) is 1. The predicted molar refractivity (Wildman–Crippen MR) is 142 cm³/mol. The Labute approximate surface area is 213 Å². The lowest BCUT2D eigenvalue weighted by molar-refractivity contribution is 0.154. The van der Waals surface area contributed by atoms with Crippen molar-refractivity contribution >= 4 is 21.9 Å². The summed E-state index contributed by atoms with van der Waals surface area (Å²) in [7, 11) is 0. The van der Waals surface area contributed by atoms with Gasteiger partial charge in [0.15, 0.2) is 5.65 Å². The first kappa shape index (κ1) is 21.7. The van der Waals surface area contributed by atoms with Crippen molar-refractivity contribution in [1.29, 1.82) is 0 Å². The Balaban J connectivity index is 1.26. The van der Waals surface area contributed by atoms with Crippen LogP contribution in [0.1, 0.15) is 37.8 Å². The van der Waals surface area contributed by atoms with Gasteiger partial charge in [-0.25, -0.2) is 9.97 Å². The van der Waals surface area contributed by atoms with Gasteiger partial charge in [0, 0.05) is 40.5 Å². The molecule has 6 heterocycles. The summed E-state index contributed by atoms with van der Waals surface area (Å²) >= 11 is 0. The standard InChI is InChI=1S/C28H26N8O/c1-17-15-36(16-32-17)26-14-30-13-25-22(26)9-24(33-25)27-23-8-19(11-31-28(23)35-34-27)18-7-21(12-29-10-18)37-20-5-3-2-4-6-20/h7-16,20,33H,2-6H2,1H3,(H,31,34,35). The molecule has 0 saturated heterocycles. The number of fused-ring (bicyclic) bond motifs is 2. The van der Waals surface area contributed by atoms with Crippen LogP contribution in [0.2, 0.25) is 0 Å². The van der Waals surface area contributed by atoms with E-state index in [1.54, 1.807) is 12.5 Å². The number of pyridine rings is 3. The first-order valence-corrected chi connectivity index (χ1v) is 12.7. The van der Waals surface area contributed by atoms with Crippen molar-refractivity contribution in [3.8, 4) is 34.0 Å². The maximum Gasteiger partial charge on any atom is 0.181 e. The maximum atomic E-state index is 6.25. The molecule has 1 aliphatic rings. The Morgan fingerprint density at radius 1 is 0.892 bits per heavy atom. The molecule has 2 N–H and O–H groups in total. The highest BCUT2D eigenvalue weighted by Crippen LogP contribution is 2.33. The lowest BCUT2D eigenvalue weighted by atomic mass is 9.98. The van der Waals surface area contributed by atoms with E-state index in [0.717, 1.165) is 68.8 Å². The first-order valence-electron chi connectivity index (χ1n) is 12.7. The lowest BCUT2D eigenvalue weighted by Crippen LogP contribution is -2.19. The third-order valence-electron chi connectivity index (χ3n) is 7.09. The van der Waals surface area contributed by atoms with Gasteiger partial charge in [0.1, 0.15) is 5.75 Å². The SMILES string of the molecule is Cc1cn(-c2cncc3[nH]c(-c4[nH]nc5ncc(-c6cncc(OC7CCCCC7)c6)cc45)cc23)cn1. The van der Waals surface area contributed by atoms with Gasteiger partial charge in [0.2, 0.25) is 0 Å². The summed E-state index contributed by atoms with van der Waals surface area (Å²) in [5.74, 6) is 0.808. The van der Waals surface area contributed by atoms with Crippen LogP contribution in [0.3, 0.4) is 0 Å². The molecule has 0 aromatic carbocycles. The van der Waals surface area contributed by atoms with Gasteiger partial charge in [-0.1, -0.05) is 6.42 Å². The van der Waals surface area contributed by atoms with Crippen molar-refractivity contribution in [1.82, 2.24) is 39.7 Å². The number of hydrogen-bond acceptors (Lipinski definition) is 6. The molecular formula is C28H26N8O. The van der Waals surface area contributed by atoms with Gasteiger partial charge < -0.3 is 14.3 Å².